The van der Waals surface area contributed by atoms with Crippen LogP contribution in [0.15, 0.2) is 18.2 Å². The van der Waals surface area contributed by atoms with E-state index in [4.69, 9.17) is 0 Å². The van der Waals surface area contributed by atoms with Gasteiger partial charge in [0.2, 0.25) is 0 Å². The maximum atomic E-state index is 13.3. The summed E-state index contributed by atoms with van der Waals surface area (Å²) in [6.45, 7) is 0. The molecular formula is C12H12F2O. The van der Waals surface area contributed by atoms with Gasteiger partial charge >= 0.3 is 0 Å². The van der Waals surface area contributed by atoms with Crippen molar-refractivity contribution in [3.8, 4) is 0 Å². The summed E-state index contributed by atoms with van der Waals surface area (Å²) in [5, 5.41) is 0. The number of carbonyl (C=O) groups is 1. The Bertz CT molecular complexity index is 381. The lowest BCUT2D eigenvalue weighted by Crippen LogP contribution is -2.12. The van der Waals surface area contributed by atoms with E-state index >= 15 is 0 Å². The third kappa shape index (κ3) is 2.06. The highest BCUT2D eigenvalue weighted by Gasteiger charge is 2.25. The summed E-state index contributed by atoms with van der Waals surface area (Å²) < 4.78 is 25.9. The van der Waals surface area contributed by atoms with Crippen LogP contribution in [-0.2, 0) is 0 Å². The van der Waals surface area contributed by atoms with Crippen LogP contribution in [0, 0.1) is 17.6 Å². The summed E-state index contributed by atoms with van der Waals surface area (Å²) in [6, 6.07) is 3.14. The van der Waals surface area contributed by atoms with E-state index in [1.54, 1.807) is 0 Å². The number of hydrogen-bond donors (Lipinski definition) is 0. The topological polar surface area (TPSA) is 17.1 Å². The summed E-state index contributed by atoms with van der Waals surface area (Å²) in [4.78, 5) is 11.8. The molecule has 0 heterocycles. The first kappa shape index (κ1) is 10.3. The molecular weight excluding hydrogens is 198 g/mol. The lowest BCUT2D eigenvalue weighted by molar-refractivity contribution is 0.0918. The van der Waals surface area contributed by atoms with Crippen molar-refractivity contribution < 1.29 is 13.6 Å². The summed E-state index contributed by atoms with van der Waals surface area (Å²) in [6.07, 6.45) is 3.71. The molecule has 0 atom stereocenters. The first-order chi connectivity index (χ1) is 7.18. The molecule has 0 unspecified atom stereocenters. The van der Waals surface area contributed by atoms with E-state index in [1.165, 1.54) is 6.07 Å². The van der Waals surface area contributed by atoms with Crippen molar-refractivity contribution in [2.24, 2.45) is 5.92 Å². The van der Waals surface area contributed by atoms with Crippen molar-refractivity contribution in [3.05, 3.63) is 35.4 Å². The highest BCUT2D eigenvalue weighted by molar-refractivity contribution is 5.98. The van der Waals surface area contributed by atoms with E-state index in [9.17, 15) is 13.6 Å². The van der Waals surface area contributed by atoms with E-state index in [-0.39, 0.29) is 17.3 Å². The molecule has 1 aromatic carbocycles. The van der Waals surface area contributed by atoms with Crippen molar-refractivity contribution in [1.29, 1.82) is 0 Å². The van der Waals surface area contributed by atoms with Gasteiger partial charge in [-0.1, -0.05) is 12.8 Å². The van der Waals surface area contributed by atoms with Crippen LogP contribution >= 0.6 is 0 Å². The molecule has 1 aliphatic rings. The molecule has 0 spiro atoms. The Hall–Kier alpha value is -1.25. The van der Waals surface area contributed by atoms with E-state index in [1.807, 2.05) is 0 Å². The molecule has 0 saturated heterocycles. The molecule has 0 bridgehead atoms. The second-order valence-corrected chi connectivity index (χ2v) is 3.97. The van der Waals surface area contributed by atoms with Gasteiger partial charge < -0.3 is 0 Å². The van der Waals surface area contributed by atoms with Crippen molar-refractivity contribution in [2.45, 2.75) is 25.7 Å². The van der Waals surface area contributed by atoms with E-state index < -0.39 is 11.6 Å². The molecule has 3 heteroatoms. The highest BCUT2D eigenvalue weighted by Crippen LogP contribution is 2.28. The average Bonchev–Trinajstić information content (AvgIpc) is 2.69. The smallest absolute Gasteiger partial charge is 0.168 e. The molecule has 1 saturated carbocycles. The van der Waals surface area contributed by atoms with Gasteiger partial charge in [0.1, 0.15) is 11.6 Å². The maximum Gasteiger partial charge on any atom is 0.168 e. The molecule has 0 aromatic heterocycles. The Morgan fingerprint density at radius 2 is 1.87 bits per heavy atom. The van der Waals surface area contributed by atoms with Crippen LogP contribution in [0.25, 0.3) is 0 Å². The van der Waals surface area contributed by atoms with Crippen LogP contribution < -0.4 is 0 Å². The predicted molar refractivity (Wildman–Crippen MR) is 52.6 cm³/mol. The number of benzene rings is 1. The number of halogens is 2. The zero-order chi connectivity index (χ0) is 10.8. The number of hydrogen-bond acceptors (Lipinski definition) is 1. The minimum absolute atomic E-state index is 0.0308. The van der Waals surface area contributed by atoms with E-state index in [2.05, 4.69) is 0 Å². The Labute approximate surface area is 87.1 Å². The fraction of sp³-hybridized carbons (Fsp3) is 0.417. The molecule has 0 aliphatic heterocycles. The molecule has 0 N–H and O–H groups in total. The lowest BCUT2D eigenvalue weighted by Gasteiger charge is -2.08. The van der Waals surface area contributed by atoms with E-state index in [0.29, 0.717) is 0 Å². The quantitative estimate of drug-likeness (QED) is 0.684. The minimum Gasteiger partial charge on any atom is -0.294 e. The fourth-order valence-corrected chi connectivity index (χ4v) is 2.10. The van der Waals surface area contributed by atoms with Gasteiger partial charge in [-0.2, -0.15) is 0 Å². The molecule has 1 nitrogen and oxygen atoms in total. The monoisotopic (exact) mass is 210 g/mol. The van der Waals surface area contributed by atoms with Gasteiger partial charge in [0, 0.05) is 12.0 Å². The minimum atomic E-state index is -0.744. The van der Waals surface area contributed by atoms with Crippen molar-refractivity contribution in [3.63, 3.8) is 0 Å². The summed E-state index contributed by atoms with van der Waals surface area (Å²) in [7, 11) is 0. The van der Waals surface area contributed by atoms with Crippen LogP contribution in [0.5, 0.6) is 0 Å². The molecule has 1 aromatic rings. The van der Waals surface area contributed by atoms with Crippen LogP contribution in [0.1, 0.15) is 36.0 Å². The Kier molecular flexibility index (Phi) is 2.80. The van der Waals surface area contributed by atoms with Gasteiger partial charge in [-0.3, -0.25) is 4.79 Å². The predicted octanol–water partition coefficient (Wildman–Crippen LogP) is 3.34. The number of Topliss-reactive ketones (excluding diaryl/α,β-unsaturated/α-hetero) is 1. The number of rotatable bonds is 2. The molecule has 1 fully saturated rings. The lowest BCUT2D eigenvalue weighted by atomic mass is 9.96. The first-order valence-corrected chi connectivity index (χ1v) is 5.18. The Morgan fingerprint density at radius 1 is 1.20 bits per heavy atom. The molecule has 15 heavy (non-hydrogen) atoms. The molecule has 2 rings (SSSR count). The maximum absolute atomic E-state index is 13.3. The summed E-state index contributed by atoms with van der Waals surface area (Å²) in [5.41, 5.74) is 0.0308. The largest absolute Gasteiger partial charge is 0.294 e. The van der Waals surface area contributed by atoms with Gasteiger partial charge in [-0.05, 0) is 25.0 Å². The average molecular weight is 210 g/mol. The van der Waals surface area contributed by atoms with Crippen LogP contribution in [-0.4, -0.2) is 5.78 Å². The fourth-order valence-electron chi connectivity index (χ4n) is 2.10. The molecule has 0 amide bonds. The molecule has 80 valence electrons. The Balaban J connectivity index is 2.24. The number of ketones is 1. The van der Waals surface area contributed by atoms with Crippen molar-refractivity contribution in [2.75, 3.05) is 0 Å². The molecule has 0 radical (unpaired) electrons. The first-order valence-electron chi connectivity index (χ1n) is 5.18. The van der Waals surface area contributed by atoms with Crippen molar-refractivity contribution >= 4 is 5.78 Å². The second kappa shape index (κ2) is 4.09. The van der Waals surface area contributed by atoms with Crippen LogP contribution in [0.4, 0.5) is 8.78 Å². The zero-order valence-electron chi connectivity index (χ0n) is 8.30. The van der Waals surface area contributed by atoms with Crippen molar-refractivity contribution in [1.82, 2.24) is 0 Å². The summed E-state index contributed by atoms with van der Waals surface area (Å²) >= 11 is 0. The normalized spacial score (nSPS) is 16.9. The highest BCUT2D eigenvalue weighted by atomic mass is 19.1. The third-order valence-corrected chi connectivity index (χ3v) is 2.92. The molecule has 1 aliphatic carbocycles. The standard InChI is InChI=1S/C12H12F2O/c13-9-5-6-10(11(14)7-9)12(15)8-3-1-2-4-8/h5-8H,1-4H2. The van der Waals surface area contributed by atoms with E-state index in [0.717, 1.165) is 37.8 Å². The second-order valence-electron chi connectivity index (χ2n) is 3.97. The van der Waals surface area contributed by atoms with Gasteiger partial charge in [-0.15, -0.1) is 0 Å². The van der Waals surface area contributed by atoms with Gasteiger partial charge in [-0.25, -0.2) is 8.78 Å². The third-order valence-electron chi connectivity index (χ3n) is 2.92. The Morgan fingerprint density at radius 3 is 2.47 bits per heavy atom. The zero-order valence-corrected chi connectivity index (χ0v) is 8.30. The SMILES string of the molecule is O=C(c1ccc(F)cc1F)C1CCCC1. The number of carbonyl (C=O) groups excluding carboxylic acids is 1. The van der Waals surface area contributed by atoms with Crippen LogP contribution in [0.3, 0.4) is 0 Å². The van der Waals surface area contributed by atoms with Gasteiger partial charge in [0.05, 0.1) is 5.56 Å². The van der Waals surface area contributed by atoms with Gasteiger partial charge in [0.25, 0.3) is 0 Å². The summed E-state index contributed by atoms with van der Waals surface area (Å²) in [5.74, 6) is -1.63. The van der Waals surface area contributed by atoms with Gasteiger partial charge in [0.15, 0.2) is 5.78 Å². The van der Waals surface area contributed by atoms with Crippen LogP contribution in [0.2, 0.25) is 0 Å².